The van der Waals surface area contributed by atoms with Crippen molar-refractivity contribution < 1.29 is 68.1 Å². The Kier molecular flexibility index (Phi) is 28.6. The highest BCUT2D eigenvalue weighted by molar-refractivity contribution is 5.99. The van der Waals surface area contributed by atoms with Crippen molar-refractivity contribution in [1.29, 1.82) is 0 Å². The van der Waals surface area contributed by atoms with Gasteiger partial charge in [0.15, 0.2) is 5.96 Å². The number of hydrogen-bond donors (Lipinski definition) is 16. The van der Waals surface area contributed by atoms with Gasteiger partial charge in [-0.3, -0.25) is 57.7 Å². The number of fused-ring (bicyclic) bond motifs is 1. The van der Waals surface area contributed by atoms with E-state index in [0.717, 1.165) is 12.5 Å². The van der Waals surface area contributed by atoms with Crippen LogP contribution in [0.15, 0.2) is 115 Å². The van der Waals surface area contributed by atoms with Crippen LogP contribution < -0.4 is 59.3 Å². The quantitative estimate of drug-likeness (QED) is 0.0132. The number of aromatic amines is 2. The number of amides is 10. The SMILES string of the molecule is CC(=O)O.CCNC(=O)C1CCCN1C(=O)C(CCCN=C(N)N)NC(=O)C(CC(C)C)NC(=O)C(Cc1cn(Cc2ccccc2)cn1)NC(=O)C(Cc1ccc(O)cc1)NC(=O)C(CO)NC(=O)C(Cc1c[nH]c2ccccc12)NC(=O)C(Cc1cnc[nH]1)NC(=O)C1CCC(=O)N1. The van der Waals surface area contributed by atoms with Crippen LogP contribution in [-0.4, -0.2) is 196 Å². The van der Waals surface area contributed by atoms with Crippen LogP contribution in [0.3, 0.4) is 0 Å². The average molecular weight is 1380 g/mol. The molecule has 2 saturated heterocycles. The third-order valence-corrected chi connectivity index (χ3v) is 16.5. The van der Waals surface area contributed by atoms with E-state index in [1.165, 1.54) is 41.7 Å². The van der Waals surface area contributed by atoms with Crippen molar-refractivity contribution in [2.24, 2.45) is 22.4 Å². The predicted molar refractivity (Wildman–Crippen MR) is 365 cm³/mol. The van der Waals surface area contributed by atoms with E-state index >= 15 is 9.59 Å². The maximum Gasteiger partial charge on any atom is 0.300 e. The van der Waals surface area contributed by atoms with Crippen molar-refractivity contribution in [2.45, 2.75) is 159 Å². The summed E-state index contributed by atoms with van der Waals surface area (Å²) in [5.41, 5.74) is 14.6. The number of para-hydroxylation sites is 1. The summed E-state index contributed by atoms with van der Waals surface area (Å²) in [4.78, 5) is 171. The molecule has 32 nitrogen and oxygen atoms in total. The fourth-order valence-electron chi connectivity index (χ4n) is 11.6. The number of imidazole rings is 2. The van der Waals surface area contributed by atoms with Crippen molar-refractivity contribution >= 4 is 81.9 Å². The van der Waals surface area contributed by atoms with E-state index in [4.69, 9.17) is 21.4 Å². The van der Waals surface area contributed by atoms with Gasteiger partial charge in [0.2, 0.25) is 59.1 Å². The van der Waals surface area contributed by atoms with E-state index in [9.17, 15) is 48.6 Å². The lowest BCUT2D eigenvalue weighted by atomic mass is 10.0. The van der Waals surface area contributed by atoms with Gasteiger partial charge in [0.1, 0.15) is 60.1 Å². The molecule has 100 heavy (non-hydrogen) atoms. The van der Waals surface area contributed by atoms with Crippen LogP contribution in [0.2, 0.25) is 0 Å². The van der Waals surface area contributed by atoms with Crippen LogP contribution in [0.5, 0.6) is 5.75 Å². The number of aromatic hydroxyl groups is 1. The first-order chi connectivity index (χ1) is 47.9. The van der Waals surface area contributed by atoms with E-state index < -0.39 is 114 Å². The van der Waals surface area contributed by atoms with Crippen LogP contribution in [0.25, 0.3) is 10.9 Å². The van der Waals surface area contributed by atoms with E-state index in [-0.39, 0.29) is 100 Å². The number of aliphatic imine (C=N–C) groups is 1. The number of carbonyl (C=O) groups excluding carboxylic acids is 10. The highest BCUT2D eigenvalue weighted by Crippen LogP contribution is 2.23. The second-order valence-electron chi connectivity index (χ2n) is 24.9. The maximum absolute atomic E-state index is 15.1. The van der Waals surface area contributed by atoms with Crippen LogP contribution >= 0.6 is 0 Å². The molecule has 3 aromatic heterocycles. The van der Waals surface area contributed by atoms with Gasteiger partial charge in [-0.1, -0.05) is 74.5 Å². The summed E-state index contributed by atoms with van der Waals surface area (Å²) >= 11 is 0. The first kappa shape index (κ1) is 76.2. The number of rotatable bonds is 34. The van der Waals surface area contributed by atoms with Gasteiger partial charge in [-0.25, -0.2) is 9.97 Å². The van der Waals surface area contributed by atoms with Gasteiger partial charge in [-0.2, -0.15) is 0 Å². The number of hydrogen-bond acceptors (Lipinski definition) is 16. The first-order valence-electron chi connectivity index (χ1n) is 33.1. The third-order valence-electron chi connectivity index (χ3n) is 16.5. The van der Waals surface area contributed by atoms with Crippen LogP contribution in [0.4, 0.5) is 0 Å². The molecule has 6 aromatic rings. The predicted octanol–water partition coefficient (Wildman–Crippen LogP) is -0.906. The molecule has 5 heterocycles. The lowest BCUT2D eigenvalue weighted by molar-refractivity contribution is -0.142. The average Bonchev–Trinajstić information content (AvgIpc) is 1.61. The number of likely N-dealkylation sites (tertiary alicyclic amines) is 1. The van der Waals surface area contributed by atoms with Crippen LogP contribution in [0.1, 0.15) is 101 Å². The lowest BCUT2D eigenvalue weighted by Gasteiger charge is -2.30. The topological polar surface area (TPSA) is 487 Å². The fourth-order valence-corrected chi connectivity index (χ4v) is 11.6. The van der Waals surface area contributed by atoms with E-state index in [1.807, 2.05) is 50.2 Å². The zero-order valence-corrected chi connectivity index (χ0v) is 56.2. The van der Waals surface area contributed by atoms with E-state index in [2.05, 4.69) is 72.8 Å². The maximum atomic E-state index is 15.1. The van der Waals surface area contributed by atoms with E-state index in [1.54, 1.807) is 48.4 Å². The minimum Gasteiger partial charge on any atom is -0.508 e. The lowest BCUT2D eigenvalue weighted by Crippen LogP contribution is -2.61. The molecule has 8 rings (SSSR count). The van der Waals surface area contributed by atoms with Gasteiger partial charge in [0.05, 0.1) is 25.0 Å². The standard InChI is InChI=1S/C66H86N18O12.C2H4O2/c1-4-70-64(95)55-17-11-25-84(55)65(96)48(16-10-24-71-66(67)68)76-58(89)49(26-38(2)3)77-62(93)53(30-43-34-83(37-74-43)33-40-12-6-5-7-13-40)81-59(90)50(27-39-18-20-44(86)21-19-39)78-63(94)54(35-85)82-60(91)51(28-41-31-72-46-15-9-8-14-45(41)46)79-61(92)52(29-42-32-69-36-73-42)80-57(88)47-22-23-56(87)75-47;1-2(3)4/h5-9,12-15,18-21,31-32,34,36-38,47-55,72,85-86H,4,10-11,16-17,22-30,33,35H2,1-3H3,(H,69,73)(H,70,95)(H,75,87)(H,76,89)(H,77,93)(H,78,94)(H,79,92)(H,80,88)(H,81,90)(H,82,91)(H4,67,68,71);1H3,(H,3,4). The number of likely N-dealkylation sites (N-methyl/N-ethyl adjacent to an activating group) is 1. The molecule has 0 radical (unpaired) electrons. The number of nitrogens with one attached hydrogen (secondary N) is 11. The van der Waals surface area contributed by atoms with Crippen molar-refractivity contribution in [3.05, 3.63) is 138 Å². The number of H-pyrrole nitrogens is 2. The van der Waals surface area contributed by atoms with Gasteiger partial charge in [-0.15, -0.1) is 0 Å². The van der Waals surface area contributed by atoms with Crippen molar-refractivity contribution in [2.75, 3.05) is 26.2 Å². The number of aliphatic hydroxyl groups is 1. The Hall–Kier alpha value is -11.2. The molecule has 0 bridgehead atoms. The molecular formula is C68H90N18O14. The van der Waals surface area contributed by atoms with Crippen molar-refractivity contribution in [1.82, 2.24) is 77.3 Å². The van der Waals surface area contributed by atoms with Gasteiger partial charge in [-0.05, 0) is 86.3 Å². The Morgan fingerprint density at radius 2 is 1.30 bits per heavy atom. The Morgan fingerprint density at radius 3 is 1.92 bits per heavy atom. The second-order valence-corrected chi connectivity index (χ2v) is 24.9. The molecule has 0 spiro atoms. The zero-order valence-electron chi connectivity index (χ0n) is 56.2. The third kappa shape index (κ3) is 23.3. The van der Waals surface area contributed by atoms with Gasteiger partial charge in [0.25, 0.3) is 5.97 Å². The fraction of sp³-hybridized carbons (Fsp3) is 0.441. The molecule has 2 fully saturated rings. The molecule has 3 aromatic carbocycles. The van der Waals surface area contributed by atoms with Gasteiger partial charge < -0.3 is 94.1 Å². The van der Waals surface area contributed by atoms with Gasteiger partial charge >= 0.3 is 0 Å². The van der Waals surface area contributed by atoms with Crippen molar-refractivity contribution in [3.8, 4) is 5.75 Å². The number of nitrogens with two attached hydrogens (primary N) is 2. The summed E-state index contributed by atoms with van der Waals surface area (Å²) in [6, 6.07) is 10.5. The van der Waals surface area contributed by atoms with Crippen LogP contribution in [-0.2, 0) is 85.0 Å². The number of aliphatic hydroxyl groups excluding tert-OH is 1. The number of aromatic nitrogens is 5. The molecule has 32 heteroatoms. The summed E-state index contributed by atoms with van der Waals surface area (Å²) in [7, 11) is 0. The molecule has 0 aliphatic carbocycles. The second kappa shape index (κ2) is 37.5. The molecular weight excluding hydrogens is 1290 g/mol. The number of nitrogens with zero attached hydrogens (tertiary/aromatic N) is 5. The minimum absolute atomic E-state index is 0.0495. The summed E-state index contributed by atoms with van der Waals surface area (Å²) in [6.07, 6.45) is 8.49. The molecule has 9 unspecified atom stereocenters. The van der Waals surface area contributed by atoms with Gasteiger partial charge in [0, 0.05) is 100 Å². The highest BCUT2D eigenvalue weighted by Gasteiger charge is 2.40. The molecule has 0 saturated carbocycles. The number of guanidine groups is 1. The number of benzene rings is 3. The normalized spacial score (nSPS) is 16.1. The Morgan fingerprint density at radius 1 is 0.700 bits per heavy atom. The number of phenols is 1. The molecule has 2 aliphatic heterocycles. The first-order valence-corrected chi connectivity index (χ1v) is 33.1. The van der Waals surface area contributed by atoms with Crippen molar-refractivity contribution in [3.63, 3.8) is 0 Å². The highest BCUT2D eigenvalue weighted by atomic mass is 16.4. The zero-order chi connectivity index (χ0) is 72.4. The number of aliphatic carboxylic acids is 1. The van der Waals surface area contributed by atoms with Crippen LogP contribution in [0, 0.1) is 5.92 Å². The minimum atomic E-state index is -1.79. The Labute approximate surface area is 576 Å². The summed E-state index contributed by atoms with van der Waals surface area (Å²) in [5, 5.41) is 53.7. The number of carboxylic acids is 1. The molecule has 10 amide bonds. The molecule has 536 valence electrons. The monoisotopic (exact) mass is 1380 g/mol. The summed E-state index contributed by atoms with van der Waals surface area (Å²) < 4.78 is 1.78. The summed E-state index contributed by atoms with van der Waals surface area (Å²) in [5.74, 6) is -8.55. The molecule has 18 N–H and O–H groups in total. The molecule has 9 atom stereocenters. The largest absolute Gasteiger partial charge is 0.508 e. The smallest absolute Gasteiger partial charge is 0.300 e. The number of carboxylic acid groups (broad SMARTS) is 1. The number of phenolic OH excluding ortho intramolecular Hbond substituents is 1. The van der Waals surface area contributed by atoms with E-state index in [0.29, 0.717) is 59.3 Å². The number of carbonyl (C=O) groups is 11. The Balaban J connectivity index is 0.00000342. The Bertz CT molecular complexity index is 3800. The molecule has 2 aliphatic rings. The summed E-state index contributed by atoms with van der Waals surface area (Å²) in [6.45, 7) is 6.58.